The van der Waals surface area contributed by atoms with E-state index in [-0.39, 0.29) is 12.1 Å². The van der Waals surface area contributed by atoms with Gasteiger partial charge < -0.3 is 20.1 Å². The summed E-state index contributed by atoms with van der Waals surface area (Å²) in [7, 11) is 0. The maximum Gasteiger partial charge on any atom is 0.200 e. The molecule has 2 fully saturated rings. The van der Waals surface area contributed by atoms with E-state index in [1.54, 1.807) is 0 Å². The van der Waals surface area contributed by atoms with E-state index in [0.717, 1.165) is 60.4 Å². The first kappa shape index (κ1) is 30.0. The molecule has 1 aliphatic heterocycles. The average molecular weight is 574 g/mol. The van der Waals surface area contributed by atoms with Gasteiger partial charge in [-0.25, -0.2) is 4.98 Å². The van der Waals surface area contributed by atoms with Gasteiger partial charge in [-0.05, 0) is 95.4 Å². The zero-order valence-electron chi connectivity index (χ0n) is 25.0. The standard InChI is InChI=1S/C31H43N9O2/c1-21-17-33-26(15-24-7-9-25(10-8-24)35-22(2)23(3)42-18-30-37-39-40-38-30)16-27(21)28-5-4-6-29(36-28)34-20-31(19-32)11-13-41-14-12-31/h4-6,16-17,22-25,35H,7-15,18,20H2,1-3H3,(H,34,36)(H,37,38,39,40)/t22-,23-,24?,25?/m1/s1. The molecular weight excluding hydrogens is 530 g/mol. The van der Waals surface area contributed by atoms with Gasteiger partial charge in [-0.3, -0.25) is 4.98 Å². The normalized spacial score (nSPS) is 21.8. The molecule has 1 aliphatic carbocycles. The van der Waals surface area contributed by atoms with Crippen molar-refractivity contribution < 1.29 is 9.47 Å². The topological polar surface area (TPSA) is 147 Å². The quantitative estimate of drug-likeness (QED) is 0.285. The van der Waals surface area contributed by atoms with Gasteiger partial charge in [0.2, 0.25) is 0 Å². The average Bonchev–Trinajstić information content (AvgIpc) is 3.55. The monoisotopic (exact) mass is 573 g/mol. The van der Waals surface area contributed by atoms with E-state index in [0.29, 0.717) is 44.1 Å². The number of H-pyrrole nitrogens is 1. The summed E-state index contributed by atoms with van der Waals surface area (Å²) >= 11 is 0. The predicted molar refractivity (Wildman–Crippen MR) is 159 cm³/mol. The van der Waals surface area contributed by atoms with E-state index in [2.05, 4.69) is 70.2 Å². The Morgan fingerprint density at radius 2 is 2.00 bits per heavy atom. The number of aromatic nitrogens is 6. The maximum atomic E-state index is 9.79. The number of anilines is 1. The first-order chi connectivity index (χ1) is 20.4. The molecule has 1 saturated carbocycles. The van der Waals surface area contributed by atoms with E-state index in [9.17, 15) is 5.26 Å². The summed E-state index contributed by atoms with van der Waals surface area (Å²) in [5.41, 5.74) is 3.87. The van der Waals surface area contributed by atoms with Gasteiger partial charge in [0.15, 0.2) is 5.82 Å². The molecule has 5 rings (SSSR count). The van der Waals surface area contributed by atoms with Gasteiger partial charge in [-0.2, -0.15) is 10.5 Å². The van der Waals surface area contributed by atoms with E-state index in [1.807, 2.05) is 18.3 Å². The number of nitrogens with zero attached hydrogens (tertiary/aromatic N) is 6. The Morgan fingerprint density at radius 1 is 1.19 bits per heavy atom. The zero-order chi connectivity index (χ0) is 29.4. The first-order valence-electron chi connectivity index (χ1n) is 15.2. The summed E-state index contributed by atoms with van der Waals surface area (Å²) in [6, 6.07) is 11.5. The number of aromatic amines is 1. The second-order valence-electron chi connectivity index (χ2n) is 12.0. The summed E-state index contributed by atoms with van der Waals surface area (Å²) in [5.74, 6) is 1.98. The van der Waals surface area contributed by atoms with Crippen LogP contribution in [0.1, 0.15) is 69.5 Å². The summed E-state index contributed by atoms with van der Waals surface area (Å²) in [6.07, 6.45) is 9.15. The molecule has 3 aromatic heterocycles. The molecule has 3 N–H and O–H groups in total. The Hall–Kier alpha value is -3.46. The molecule has 2 aliphatic rings. The number of nitrogens with one attached hydrogen (secondary N) is 3. The van der Waals surface area contributed by atoms with Crippen LogP contribution >= 0.6 is 0 Å². The van der Waals surface area contributed by atoms with Crippen LogP contribution in [0.15, 0.2) is 30.5 Å². The highest BCUT2D eigenvalue weighted by Crippen LogP contribution is 2.32. The minimum absolute atomic E-state index is 0.0491. The Morgan fingerprint density at radius 3 is 2.74 bits per heavy atom. The minimum atomic E-state index is -0.398. The van der Waals surface area contributed by atoms with Gasteiger partial charge in [0.25, 0.3) is 0 Å². The highest BCUT2D eigenvalue weighted by molar-refractivity contribution is 5.65. The lowest BCUT2D eigenvalue weighted by Gasteiger charge is -2.33. The predicted octanol–water partition coefficient (Wildman–Crippen LogP) is 4.38. The number of tetrazole rings is 1. The van der Waals surface area contributed by atoms with Crippen molar-refractivity contribution in [2.24, 2.45) is 11.3 Å². The van der Waals surface area contributed by atoms with Crippen molar-refractivity contribution >= 4 is 5.82 Å². The molecule has 2 atom stereocenters. The molecule has 1 saturated heterocycles. The van der Waals surface area contributed by atoms with Crippen LogP contribution in [-0.4, -0.2) is 68.5 Å². The lowest BCUT2D eigenvalue weighted by Crippen LogP contribution is -2.45. The van der Waals surface area contributed by atoms with E-state index in [4.69, 9.17) is 19.4 Å². The fourth-order valence-electron chi connectivity index (χ4n) is 5.92. The van der Waals surface area contributed by atoms with Crippen LogP contribution in [0.25, 0.3) is 11.3 Å². The van der Waals surface area contributed by atoms with Gasteiger partial charge in [-0.15, -0.1) is 10.2 Å². The Bertz CT molecular complexity index is 1310. The van der Waals surface area contributed by atoms with Gasteiger partial charge in [0, 0.05) is 49.3 Å². The van der Waals surface area contributed by atoms with Crippen molar-refractivity contribution in [3.8, 4) is 17.3 Å². The number of aryl methyl sites for hydroxylation is 1. The van der Waals surface area contributed by atoms with Crippen LogP contribution < -0.4 is 10.6 Å². The maximum absolute atomic E-state index is 9.79. The number of hydrogen-bond acceptors (Lipinski definition) is 10. The van der Waals surface area contributed by atoms with Crippen LogP contribution in [0.4, 0.5) is 5.82 Å². The molecule has 42 heavy (non-hydrogen) atoms. The molecular formula is C31H43N9O2. The van der Waals surface area contributed by atoms with Crippen molar-refractivity contribution in [2.75, 3.05) is 25.1 Å². The van der Waals surface area contributed by atoms with Crippen molar-refractivity contribution in [2.45, 2.75) is 90.5 Å². The third-order valence-electron chi connectivity index (χ3n) is 8.89. The van der Waals surface area contributed by atoms with Crippen molar-refractivity contribution in [1.29, 1.82) is 5.26 Å². The summed E-state index contributed by atoms with van der Waals surface area (Å²) in [4.78, 5) is 9.70. The fourth-order valence-corrected chi connectivity index (χ4v) is 5.92. The SMILES string of the molecule is Cc1cnc(CC2CCC(N[C@H](C)[C@@H](C)OCc3nn[nH]n3)CC2)cc1-c1cccc(NCC2(C#N)CCOCC2)n1. The summed E-state index contributed by atoms with van der Waals surface area (Å²) in [5, 5.41) is 30.9. The van der Waals surface area contributed by atoms with Crippen molar-refractivity contribution in [3.63, 3.8) is 0 Å². The second-order valence-corrected chi connectivity index (χ2v) is 12.0. The zero-order valence-corrected chi connectivity index (χ0v) is 25.0. The third kappa shape index (κ3) is 7.88. The molecule has 224 valence electrons. The van der Waals surface area contributed by atoms with E-state index >= 15 is 0 Å². The summed E-state index contributed by atoms with van der Waals surface area (Å²) < 4.78 is 11.4. The molecule has 3 aromatic rings. The largest absolute Gasteiger partial charge is 0.381 e. The highest BCUT2D eigenvalue weighted by Gasteiger charge is 2.32. The molecule has 0 aromatic carbocycles. The molecule has 0 spiro atoms. The molecule has 4 heterocycles. The van der Waals surface area contributed by atoms with Crippen LogP contribution in [0, 0.1) is 29.6 Å². The second kappa shape index (κ2) is 14.1. The van der Waals surface area contributed by atoms with Gasteiger partial charge in [0.05, 0.1) is 23.3 Å². The number of nitriles is 1. The van der Waals surface area contributed by atoms with Crippen LogP contribution in [-0.2, 0) is 22.5 Å². The molecule has 0 bridgehead atoms. The highest BCUT2D eigenvalue weighted by atomic mass is 16.5. The minimum Gasteiger partial charge on any atom is -0.381 e. The molecule has 11 heteroatoms. The van der Waals surface area contributed by atoms with Crippen LogP contribution in [0.5, 0.6) is 0 Å². The van der Waals surface area contributed by atoms with E-state index < -0.39 is 5.41 Å². The lowest BCUT2D eigenvalue weighted by molar-refractivity contribution is 0.0232. The number of rotatable bonds is 12. The van der Waals surface area contributed by atoms with Gasteiger partial charge in [-0.1, -0.05) is 11.3 Å². The molecule has 11 nitrogen and oxygen atoms in total. The number of hydrogen-bond donors (Lipinski definition) is 3. The van der Waals surface area contributed by atoms with Crippen LogP contribution in [0.2, 0.25) is 0 Å². The third-order valence-corrected chi connectivity index (χ3v) is 8.89. The smallest absolute Gasteiger partial charge is 0.200 e. The number of pyridine rings is 2. The molecule has 0 amide bonds. The lowest BCUT2D eigenvalue weighted by atomic mass is 9.82. The van der Waals surface area contributed by atoms with E-state index in [1.165, 1.54) is 12.8 Å². The van der Waals surface area contributed by atoms with Crippen molar-refractivity contribution in [3.05, 3.63) is 47.5 Å². The number of ether oxygens (including phenoxy) is 2. The molecule has 0 radical (unpaired) electrons. The fraction of sp³-hybridized carbons (Fsp3) is 0.613. The summed E-state index contributed by atoms with van der Waals surface area (Å²) in [6.45, 7) is 8.55. The molecule has 0 unspecified atom stereocenters. The Balaban J connectivity index is 1.12. The van der Waals surface area contributed by atoms with Gasteiger partial charge >= 0.3 is 0 Å². The van der Waals surface area contributed by atoms with Crippen molar-refractivity contribution in [1.82, 2.24) is 35.9 Å². The Kier molecular flexibility index (Phi) is 10.1. The van der Waals surface area contributed by atoms with Crippen LogP contribution in [0.3, 0.4) is 0 Å². The first-order valence-corrected chi connectivity index (χ1v) is 15.2. The Labute approximate surface area is 248 Å². The van der Waals surface area contributed by atoms with Gasteiger partial charge in [0.1, 0.15) is 12.4 Å².